The molecular weight excluding hydrogens is 424 g/mol. The van der Waals surface area contributed by atoms with Crippen molar-refractivity contribution in [2.45, 2.75) is 0 Å². The maximum absolute atomic E-state index is 12.8. The van der Waals surface area contributed by atoms with Crippen molar-refractivity contribution < 1.29 is 38.0 Å². The molecule has 0 aliphatic carbocycles. The molecular formula is C22H18O10. The van der Waals surface area contributed by atoms with Crippen LogP contribution in [-0.2, 0) is 0 Å². The number of aromatic hydroxyl groups is 2. The first-order valence-corrected chi connectivity index (χ1v) is 9.18. The normalized spacial score (nSPS) is 11.0. The molecule has 0 unspecified atom stereocenters. The molecule has 2 heterocycles. The molecule has 0 fully saturated rings. The third-order valence-electron chi connectivity index (χ3n) is 4.97. The van der Waals surface area contributed by atoms with E-state index in [4.69, 9.17) is 27.8 Å². The lowest BCUT2D eigenvalue weighted by Gasteiger charge is -2.12. The van der Waals surface area contributed by atoms with Gasteiger partial charge in [0.2, 0.25) is 23.0 Å². The van der Waals surface area contributed by atoms with E-state index in [2.05, 4.69) is 0 Å². The molecule has 0 saturated heterocycles. The Morgan fingerprint density at radius 1 is 0.625 bits per heavy atom. The number of ether oxygens (including phenoxy) is 4. The van der Waals surface area contributed by atoms with Gasteiger partial charge in [-0.1, -0.05) is 0 Å². The van der Waals surface area contributed by atoms with Gasteiger partial charge in [0.1, 0.15) is 0 Å². The fourth-order valence-electron chi connectivity index (χ4n) is 3.47. The van der Waals surface area contributed by atoms with Crippen molar-refractivity contribution in [1.82, 2.24) is 0 Å². The second-order valence-corrected chi connectivity index (χ2v) is 6.65. The fourth-order valence-corrected chi connectivity index (χ4v) is 3.47. The summed E-state index contributed by atoms with van der Waals surface area (Å²) in [6.45, 7) is 0. The van der Waals surface area contributed by atoms with Crippen LogP contribution in [-0.4, -0.2) is 38.7 Å². The Kier molecular flexibility index (Phi) is 5.05. The number of hydrogen-bond donors (Lipinski definition) is 2. The number of rotatable bonds is 5. The maximum atomic E-state index is 12.8. The molecule has 10 nitrogen and oxygen atoms in total. The van der Waals surface area contributed by atoms with Gasteiger partial charge in [-0.2, -0.15) is 0 Å². The third-order valence-corrected chi connectivity index (χ3v) is 4.97. The van der Waals surface area contributed by atoms with Gasteiger partial charge < -0.3 is 38.0 Å². The highest BCUT2D eigenvalue weighted by Crippen LogP contribution is 2.44. The summed E-state index contributed by atoms with van der Waals surface area (Å²) in [6.07, 6.45) is 0. The summed E-state index contributed by atoms with van der Waals surface area (Å²) in [5.41, 5.74) is -1.92. The van der Waals surface area contributed by atoms with Gasteiger partial charge in [0.25, 0.3) is 0 Å². The van der Waals surface area contributed by atoms with E-state index < -0.39 is 11.3 Å². The monoisotopic (exact) mass is 442 g/mol. The summed E-state index contributed by atoms with van der Waals surface area (Å²) in [5.74, 6) is -0.656. The van der Waals surface area contributed by atoms with Crippen LogP contribution in [0.3, 0.4) is 0 Å². The summed E-state index contributed by atoms with van der Waals surface area (Å²) in [6, 6.07) is 5.68. The van der Waals surface area contributed by atoms with Gasteiger partial charge in [-0.3, -0.25) is 0 Å². The second-order valence-electron chi connectivity index (χ2n) is 6.65. The number of benzene rings is 2. The van der Waals surface area contributed by atoms with Crippen LogP contribution in [0.1, 0.15) is 0 Å². The van der Waals surface area contributed by atoms with Gasteiger partial charge in [0.15, 0.2) is 22.7 Å². The minimum atomic E-state index is -0.857. The molecule has 0 amide bonds. The number of fused-ring (bicyclic) bond motifs is 2. The molecule has 0 aliphatic rings. The molecule has 0 spiro atoms. The molecule has 10 heteroatoms. The average Bonchev–Trinajstić information content (AvgIpc) is 2.78. The van der Waals surface area contributed by atoms with Crippen LogP contribution >= 0.6 is 0 Å². The molecule has 32 heavy (non-hydrogen) atoms. The van der Waals surface area contributed by atoms with Crippen molar-refractivity contribution in [2.24, 2.45) is 0 Å². The van der Waals surface area contributed by atoms with E-state index in [1.165, 1.54) is 52.7 Å². The Hall–Kier alpha value is -4.34. The standard InChI is InChI=1S/C22H18O10/c1-27-13-7-9-5-11(21(25)31-17(9)19(29-3)15(13)23)12-6-10-8-14(28-2)16(24)20(30-4)18(10)32-22(12)26/h5-8,23-24H,1-4H3. The highest BCUT2D eigenvalue weighted by molar-refractivity contribution is 5.93. The van der Waals surface area contributed by atoms with E-state index in [0.29, 0.717) is 10.8 Å². The van der Waals surface area contributed by atoms with Crippen LogP contribution in [0.5, 0.6) is 34.5 Å². The zero-order chi connectivity index (χ0) is 23.2. The van der Waals surface area contributed by atoms with Gasteiger partial charge in [-0.15, -0.1) is 0 Å². The average molecular weight is 442 g/mol. The van der Waals surface area contributed by atoms with E-state index in [1.54, 1.807) is 0 Å². The molecule has 2 N–H and O–H groups in total. The van der Waals surface area contributed by atoms with Crippen LogP contribution in [0, 0.1) is 0 Å². The van der Waals surface area contributed by atoms with E-state index in [9.17, 15) is 19.8 Å². The number of methoxy groups -OCH3 is 4. The molecule has 0 aliphatic heterocycles. The molecule has 2 aromatic heterocycles. The topological polar surface area (TPSA) is 138 Å². The second kappa shape index (κ2) is 7.73. The first-order valence-electron chi connectivity index (χ1n) is 9.18. The van der Waals surface area contributed by atoms with E-state index in [1.807, 2.05) is 0 Å². The minimum Gasteiger partial charge on any atom is -0.502 e. The number of phenols is 2. The predicted molar refractivity (Wildman–Crippen MR) is 113 cm³/mol. The van der Waals surface area contributed by atoms with Crippen LogP contribution in [0.15, 0.2) is 42.7 Å². The first-order chi connectivity index (χ1) is 15.3. The van der Waals surface area contributed by atoms with Crippen molar-refractivity contribution in [1.29, 1.82) is 0 Å². The van der Waals surface area contributed by atoms with Gasteiger partial charge in [-0.25, -0.2) is 9.59 Å². The van der Waals surface area contributed by atoms with Crippen molar-refractivity contribution in [3.8, 4) is 45.6 Å². The summed E-state index contributed by atoms with van der Waals surface area (Å²) in [4.78, 5) is 25.5. The lowest BCUT2D eigenvalue weighted by molar-refractivity contribution is 0.338. The number of hydrogen-bond acceptors (Lipinski definition) is 10. The van der Waals surface area contributed by atoms with Gasteiger partial charge in [0.05, 0.1) is 39.6 Å². The molecule has 0 bridgehead atoms. The van der Waals surface area contributed by atoms with E-state index >= 15 is 0 Å². The zero-order valence-corrected chi connectivity index (χ0v) is 17.5. The smallest absolute Gasteiger partial charge is 0.344 e. The van der Waals surface area contributed by atoms with Crippen molar-refractivity contribution in [3.63, 3.8) is 0 Å². The summed E-state index contributed by atoms with van der Waals surface area (Å²) in [5, 5.41) is 21.1. The molecule has 4 rings (SSSR count). The van der Waals surface area contributed by atoms with Crippen molar-refractivity contribution in [2.75, 3.05) is 28.4 Å². The Morgan fingerprint density at radius 3 is 1.31 bits per heavy atom. The third kappa shape index (κ3) is 3.04. The minimum absolute atomic E-state index is 0.0158. The highest BCUT2D eigenvalue weighted by Gasteiger charge is 2.22. The van der Waals surface area contributed by atoms with Gasteiger partial charge >= 0.3 is 11.3 Å². The Bertz CT molecular complexity index is 1370. The number of phenolic OH excluding ortho intramolecular Hbond substituents is 2. The van der Waals surface area contributed by atoms with Gasteiger partial charge in [0, 0.05) is 10.8 Å². The predicted octanol–water partition coefficient (Wildman–Crippen LogP) is 3.01. The zero-order valence-electron chi connectivity index (χ0n) is 17.5. The van der Waals surface area contributed by atoms with E-state index in [0.717, 1.165) is 0 Å². The Balaban J connectivity index is 2.04. The largest absolute Gasteiger partial charge is 0.502 e. The van der Waals surface area contributed by atoms with Gasteiger partial charge in [-0.05, 0) is 24.3 Å². The molecule has 166 valence electrons. The maximum Gasteiger partial charge on any atom is 0.344 e. The molecule has 0 radical (unpaired) electrons. The fraction of sp³-hybridized carbons (Fsp3) is 0.182. The van der Waals surface area contributed by atoms with E-state index in [-0.39, 0.29) is 56.8 Å². The molecule has 0 saturated carbocycles. The molecule has 0 atom stereocenters. The van der Waals surface area contributed by atoms with Crippen LogP contribution in [0.25, 0.3) is 33.1 Å². The van der Waals surface area contributed by atoms with Crippen LogP contribution in [0.2, 0.25) is 0 Å². The van der Waals surface area contributed by atoms with Crippen molar-refractivity contribution in [3.05, 3.63) is 45.1 Å². The Labute approximate surface area is 179 Å². The summed E-state index contributed by atoms with van der Waals surface area (Å²) < 4.78 is 31.3. The van der Waals surface area contributed by atoms with Crippen LogP contribution in [0.4, 0.5) is 0 Å². The SMILES string of the molecule is COc1cc2cc(-c3cc4cc(OC)c(O)c(OC)c4oc3=O)c(=O)oc2c(OC)c1O. The highest BCUT2D eigenvalue weighted by atomic mass is 16.5. The lowest BCUT2D eigenvalue weighted by atomic mass is 10.0. The quantitative estimate of drug-likeness (QED) is 0.444. The van der Waals surface area contributed by atoms with Crippen molar-refractivity contribution >= 4 is 21.9 Å². The van der Waals surface area contributed by atoms with Crippen LogP contribution < -0.4 is 30.2 Å². The molecule has 4 aromatic rings. The molecule has 2 aromatic carbocycles. The summed E-state index contributed by atoms with van der Waals surface area (Å²) >= 11 is 0. The Morgan fingerprint density at radius 2 is 1.00 bits per heavy atom. The lowest BCUT2D eigenvalue weighted by Crippen LogP contribution is -2.11. The summed E-state index contributed by atoms with van der Waals surface area (Å²) in [7, 11) is 5.31. The first kappa shape index (κ1) is 20.9.